The number of unbranched alkanes of at least 4 members (excludes halogenated alkanes) is 5. The Morgan fingerprint density at radius 1 is 1.13 bits per heavy atom. The minimum absolute atomic E-state index is 0.424. The zero-order valence-corrected chi connectivity index (χ0v) is 14.8. The Balaban J connectivity index is 1.86. The first-order chi connectivity index (χ1) is 11.1. The van der Waals surface area contributed by atoms with E-state index in [-0.39, 0.29) is 0 Å². The van der Waals surface area contributed by atoms with Crippen molar-refractivity contribution in [3.8, 4) is 0 Å². The van der Waals surface area contributed by atoms with E-state index in [1.165, 1.54) is 30.7 Å². The lowest BCUT2D eigenvalue weighted by Crippen LogP contribution is -2.40. The quantitative estimate of drug-likeness (QED) is 0.491. The normalized spacial score (nSPS) is 20.7. The molecule has 4 nitrogen and oxygen atoms in total. The van der Waals surface area contributed by atoms with Crippen molar-refractivity contribution in [2.75, 3.05) is 5.43 Å². The van der Waals surface area contributed by atoms with Crippen LogP contribution in [0.25, 0.3) is 0 Å². The van der Waals surface area contributed by atoms with Gasteiger partial charge in [-0.3, -0.25) is 5.43 Å². The van der Waals surface area contributed by atoms with E-state index in [0.29, 0.717) is 4.99 Å². The van der Waals surface area contributed by atoms with E-state index < -0.39 is 11.7 Å². The van der Waals surface area contributed by atoms with Gasteiger partial charge in [0, 0.05) is 0 Å². The number of para-hydroxylation sites is 1. The Labute approximate surface area is 144 Å². The van der Waals surface area contributed by atoms with Gasteiger partial charge in [0.2, 0.25) is 0 Å². The van der Waals surface area contributed by atoms with Gasteiger partial charge >= 0.3 is 6.09 Å². The number of nitrogens with zero attached hydrogens (tertiary/aromatic N) is 1. The van der Waals surface area contributed by atoms with Crippen LogP contribution in [0.3, 0.4) is 0 Å². The molecule has 0 radical (unpaired) electrons. The van der Waals surface area contributed by atoms with Gasteiger partial charge in [-0.1, -0.05) is 69.4 Å². The maximum atomic E-state index is 12.1. The number of carbonyl (C=O) groups excluding carboxylic acids is 1. The predicted molar refractivity (Wildman–Crippen MR) is 97.4 cm³/mol. The second-order valence-corrected chi connectivity index (χ2v) is 6.62. The van der Waals surface area contributed by atoms with Crippen molar-refractivity contribution in [3.63, 3.8) is 0 Å². The molecule has 1 atom stereocenters. The van der Waals surface area contributed by atoms with Gasteiger partial charge in [-0.15, -0.1) is 0 Å². The zero-order valence-electron chi connectivity index (χ0n) is 14.0. The van der Waals surface area contributed by atoms with Crippen LogP contribution < -0.4 is 5.43 Å². The van der Waals surface area contributed by atoms with Gasteiger partial charge in [0.25, 0.3) is 0 Å². The first-order valence-corrected chi connectivity index (χ1v) is 8.87. The third kappa shape index (κ3) is 4.67. The first kappa shape index (κ1) is 17.7. The number of cyclic esters (lactones) is 1. The van der Waals surface area contributed by atoms with E-state index >= 15 is 0 Å². The highest BCUT2D eigenvalue weighted by atomic mass is 32.1. The van der Waals surface area contributed by atoms with Crippen molar-refractivity contribution in [2.45, 2.75) is 64.4 Å². The number of nitrogens with one attached hydrogen (secondary N) is 1. The summed E-state index contributed by atoms with van der Waals surface area (Å²) in [5.41, 5.74) is 3.17. The Bertz CT molecular complexity index is 535. The molecule has 1 amide bonds. The van der Waals surface area contributed by atoms with Crippen LogP contribution in [0.5, 0.6) is 0 Å². The molecule has 0 aliphatic carbocycles. The second kappa shape index (κ2) is 8.29. The van der Waals surface area contributed by atoms with E-state index in [2.05, 4.69) is 12.3 Å². The smallest absolute Gasteiger partial charge is 0.434 e. The summed E-state index contributed by atoms with van der Waals surface area (Å²) in [6, 6.07) is 9.51. The van der Waals surface area contributed by atoms with Gasteiger partial charge < -0.3 is 4.74 Å². The Morgan fingerprint density at radius 2 is 1.78 bits per heavy atom. The maximum absolute atomic E-state index is 12.1. The maximum Gasteiger partial charge on any atom is 0.435 e. The summed E-state index contributed by atoms with van der Waals surface area (Å²) in [5, 5.41) is 1.35. The standard InChI is InChI=1S/C18H26N2O2S/c1-3-4-5-6-7-11-14-18(2)16(23)20(17(21)22-18)19-15-12-9-8-10-13-15/h8-10,12-13,19H,3-7,11,14H2,1-2H3. The van der Waals surface area contributed by atoms with Crippen molar-refractivity contribution in [2.24, 2.45) is 0 Å². The van der Waals surface area contributed by atoms with Crippen molar-refractivity contribution >= 4 is 29.0 Å². The molecule has 1 unspecified atom stereocenters. The van der Waals surface area contributed by atoms with E-state index in [0.717, 1.165) is 24.9 Å². The van der Waals surface area contributed by atoms with Crippen LogP contribution in [0.2, 0.25) is 0 Å². The number of hydrogen-bond donors (Lipinski definition) is 1. The van der Waals surface area contributed by atoms with E-state index in [4.69, 9.17) is 17.0 Å². The summed E-state index contributed by atoms with van der Waals surface area (Å²) in [5.74, 6) is 0. The van der Waals surface area contributed by atoms with Crippen LogP contribution in [0.1, 0.15) is 58.8 Å². The lowest BCUT2D eigenvalue weighted by molar-refractivity contribution is 0.0838. The number of hydrogen-bond acceptors (Lipinski definition) is 4. The van der Waals surface area contributed by atoms with Crippen LogP contribution >= 0.6 is 12.2 Å². The van der Waals surface area contributed by atoms with Crippen molar-refractivity contribution in [1.29, 1.82) is 0 Å². The van der Waals surface area contributed by atoms with Crippen LogP contribution in [-0.2, 0) is 4.74 Å². The van der Waals surface area contributed by atoms with Crippen molar-refractivity contribution in [3.05, 3.63) is 30.3 Å². The molecule has 1 N–H and O–H groups in total. The molecular weight excluding hydrogens is 308 g/mol. The molecule has 1 fully saturated rings. The van der Waals surface area contributed by atoms with Gasteiger partial charge in [-0.2, -0.15) is 5.01 Å². The van der Waals surface area contributed by atoms with Gasteiger partial charge in [0.05, 0.1) is 5.69 Å². The molecule has 0 bridgehead atoms. The molecule has 1 aliphatic heterocycles. The summed E-state index contributed by atoms with van der Waals surface area (Å²) in [4.78, 5) is 12.6. The Kier molecular flexibility index (Phi) is 6.39. The van der Waals surface area contributed by atoms with Crippen LogP contribution in [0, 0.1) is 0 Å². The summed E-state index contributed by atoms with van der Waals surface area (Å²) >= 11 is 5.49. The van der Waals surface area contributed by atoms with Crippen LogP contribution in [-0.4, -0.2) is 21.7 Å². The SMILES string of the molecule is CCCCCCCCC1(C)OC(=O)N(Nc2ccccc2)C1=S. The fourth-order valence-electron chi connectivity index (χ4n) is 2.74. The van der Waals surface area contributed by atoms with Gasteiger partial charge in [-0.05, 0) is 31.9 Å². The second-order valence-electron chi connectivity index (χ2n) is 6.23. The third-order valence-corrected chi connectivity index (χ3v) is 4.79. The van der Waals surface area contributed by atoms with Crippen LogP contribution in [0.15, 0.2) is 30.3 Å². The average molecular weight is 334 g/mol. The minimum atomic E-state index is -0.682. The molecular formula is C18H26N2O2S. The summed E-state index contributed by atoms with van der Waals surface area (Å²) < 4.78 is 5.56. The fraction of sp³-hybridized carbons (Fsp3) is 0.556. The summed E-state index contributed by atoms with van der Waals surface area (Å²) in [6.45, 7) is 4.12. The minimum Gasteiger partial charge on any atom is -0.434 e. The summed E-state index contributed by atoms with van der Waals surface area (Å²) in [6.07, 6.45) is 7.58. The molecule has 1 aromatic carbocycles. The third-order valence-electron chi connectivity index (χ3n) is 4.17. The highest BCUT2D eigenvalue weighted by Gasteiger charge is 2.47. The van der Waals surface area contributed by atoms with Gasteiger partial charge in [0.1, 0.15) is 0 Å². The molecule has 126 valence electrons. The highest BCUT2D eigenvalue weighted by molar-refractivity contribution is 7.80. The Morgan fingerprint density at radius 3 is 2.48 bits per heavy atom. The molecule has 1 heterocycles. The number of amides is 1. The molecule has 1 saturated heterocycles. The Hall–Kier alpha value is -1.62. The average Bonchev–Trinajstić information content (AvgIpc) is 2.75. The lowest BCUT2D eigenvalue weighted by Gasteiger charge is -2.22. The number of thiocarbonyl (C=S) groups is 1. The summed E-state index contributed by atoms with van der Waals surface area (Å²) in [7, 11) is 0. The topological polar surface area (TPSA) is 41.6 Å². The predicted octanol–water partition coefficient (Wildman–Crippen LogP) is 5.30. The number of hydrazine groups is 1. The molecule has 5 heteroatoms. The van der Waals surface area contributed by atoms with E-state index in [1.54, 1.807) is 0 Å². The van der Waals surface area contributed by atoms with Crippen molar-refractivity contribution < 1.29 is 9.53 Å². The van der Waals surface area contributed by atoms with Crippen LogP contribution in [0.4, 0.5) is 10.5 Å². The lowest BCUT2D eigenvalue weighted by atomic mass is 9.97. The number of benzene rings is 1. The number of rotatable bonds is 9. The number of ether oxygens (including phenoxy) is 1. The monoisotopic (exact) mass is 334 g/mol. The molecule has 2 rings (SSSR count). The zero-order chi connectivity index (χ0) is 16.7. The molecule has 1 aromatic rings. The largest absolute Gasteiger partial charge is 0.435 e. The highest BCUT2D eigenvalue weighted by Crippen LogP contribution is 2.31. The first-order valence-electron chi connectivity index (χ1n) is 8.46. The van der Waals surface area contributed by atoms with E-state index in [9.17, 15) is 4.79 Å². The molecule has 0 aromatic heterocycles. The fourth-order valence-corrected chi connectivity index (χ4v) is 3.00. The van der Waals surface area contributed by atoms with Crippen molar-refractivity contribution in [1.82, 2.24) is 5.01 Å². The van der Waals surface area contributed by atoms with E-state index in [1.807, 2.05) is 37.3 Å². The molecule has 0 spiro atoms. The number of carbonyl (C=O) groups is 1. The van der Waals surface area contributed by atoms with Gasteiger partial charge in [-0.25, -0.2) is 4.79 Å². The molecule has 0 saturated carbocycles. The molecule has 23 heavy (non-hydrogen) atoms. The number of anilines is 1. The molecule has 1 aliphatic rings. The van der Waals surface area contributed by atoms with Gasteiger partial charge in [0.15, 0.2) is 10.6 Å².